The van der Waals surface area contributed by atoms with Gasteiger partial charge >= 0.3 is 0 Å². The second-order valence-electron chi connectivity index (χ2n) is 5.87. The fraction of sp³-hybridized carbons (Fsp3) is 0.562. The molecule has 1 aliphatic heterocycles. The molecule has 0 aliphatic carbocycles. The second kappa shape index (κ2) is 6.75. The fourth-order valence-electron chi connectivity index (χ4n) is 2.17. The molecule has 4 heteroatoms. The minimum atomic E-state index is 0.444. The summed E-state index contributed by atoms with van der Waals surface area (Å²) in [6, 6.07) is 9.61. The Labute approximate surface area is 122 Å². The molecule has 0 bridgehead atoms. The summed E-state index contributed by atoms with van der Waals surface area (Å²) in [4.78, 5) is 6.79. The Morgan fingerprint density at radius 2 is 2.05 bits per heavy atom. The van der Waals surface area contributed by atoms with Gasteiger partial charge in [-0.3, -0.25) is 9.89 Å². The van der Waals surface area contributed by atoms with Crippen molar-refractivity contribution >= 4 is 5.96 Å². The number of aliphatic imine (C=N–C) groups is 1. The van der Waals surface area contributed by atoms with E-state index in [0.717, 1.165) is 25.6 Å². The Morgan fingerprint density at radius 1 is 1.35 bits per heavy atom. The van der Waals surface area contributed by atoms with Crippen molar-refractivity contribution in [2.24, 2.45) is 4.99 Å². The molecule has 1 unspecified atom stereocenters. The van der Waals surface area contributed by atoms with E-state index in [2.05, 4.69) is 72.6 Å². The molecule has 20 heavy (non-hydrogen) atoms. The van der Waals surface area contributed by atoms with Gasteiger partial charge in [0, 0.05) is 25.2 Å². The van der Waals surface area contributed by atoms with E-state index in [0.29, 0.717) is 12.1 Å². The molecule has 0 amide bonds. The zero-order valence-electron chi connectivity index (χ0n) is 13.0. The van der Waals surface area contributed by atoms with E-state index in [4.69, 9.17) is 0 Å². The maximum Gasteiger partial charge on any atom is 0.191 e. The van der Waals surface area contributed by atoms with E-state index >= 15 is 0 Å². The Morgan fingerprint density at radius 3 is 2.65 bits per heavy atom. The third-order valence-corrected chi connectivity index (χ3v) is 3.77. The van der Waals surface area contributed by atoms with E-state index in [1.807, 2.05) is 0 Å². The Balaban J connectivity index is 1.97. The van der Waals surface area contributed by atoms with Crippen LogP contribution in [0.2, 0.25) is 0 Å². The fourth-order valence-corrected chi connectivity index (χ4v) is 2.17. The summed E-state index contributed by atoms with van der Waals surface area (Å²) in [5.74, 6) is 0.921. The molecule has 2 N–H and O–H groups in total. The molecular weight excluding hydrogens is 248 g/mol. The van der Waals surface area contributed by atoms with Crippen molar-refractivity contribution in [1.82, 2.24) is 15.5 Å². The molecule has 1 atom stereocenters. The standard InChI is InChI=1S/C16H26N4/c1-12(2)20(4)11-15-8-6-5-7-14(15)10-18-16-17-9-13(3)19-16/h5-8,12-13H,9-11H2,1-4H3,(H2,17,18,19). The largest absolute Gasteiger partial charge is 0.352 e. The first-order valence-electron chi connectivity index (χ1n) is 7.38. The van der Waals surface area contributed by atoms with Crippen LogP contribution in [0.1, 0.15) is 31.9 Å². The van der Waals surface area contributed by atoms with Crippen LogP contribution in [0.15, 0.2) is 29.3 Å². The van der Waals surface area contributed by atoms with Crippen molar-refractivity contribution in [3.63, 3.8) is 0 Å². The summed E-state index contributed by atoms with van der Waals surface area (Å²) in [5, 5.41) is 6.72. The van der Waals surface area contributed by atoms with Crippen molar-refractivity contribution in [2.45, 2.75) is 45.9 Å². The van der Waals surface area contributed by atoms with Gasteiger partial charge in [-0.15, -0.1) is 0 Å². The number of rotatable bonds is 5. The van der Waals surface area contributed by atoms with Crippen molar-refractivity contribution in [3.05, 3.63) is 35.4 Å². The normalized spacial score (nSPS) is 18.3. The van der Waals surface area contributed by atoms with E-state index in [1.54, 1.807) is 0 Å². The van der Waals surface area contributed by atoms with Crippen LogP contribution in [0.25, 0.3) is 0 Å². The lowest BCUT2D eigenvalue weighted by molar-refractivity contribution is 0.265. The average molecular weight is 274 g/mol. The highest BCUT2D eigenvalue weighted by atomic mass is 15.2. The Kier molecular flexibility index (Phi) is 5.01. The van der Waals surface area contributed by atoms with E-state index in [1.165, 1.54) is 11.1 Å². The van der Waals surface area contributed by atoms with Crippen LogP contribution in [0.3, 0.4) is 0 Å². The first-order chi connectivity index (χ1) is 9.56. The quantitative estimate of drug-likeness (QED) is 0.862. The van der Waals surface area contributed by atoms with Crippen molar-refractivity contribution in [2.75, 3.05) is 13.6 Å². The number of hydrogen-bond acceptors (Lipinski definition) is 4. The molecule has 0 saturated heterocycles. The third kappa shape index (κ3) is 3.97. The molecule has 1 heterocycles. The summed E-state index contributed by atoms with van der Waals surface area (Å²) >= 11 is 0. The van der Waals surface area contributed by atoms with Crippen LogP contribution in [-0.4, -0.2) is 36.5 Å². The highest BCUT2D eigenvalue weighted by molar-refractivity contribution is 5.81. The van der Waals surface area contributed by atoms with Gasteiger partial charge in [0.15, 0.2) is 5.96 Å². The maximum atomic E-state index is 4.43. The minimum Gasteiger partial charge on any atom is -0.352 e. The van der Waals surface area contributed by atoms with Gasteiger partial charge in [-0.25, -0.2) is 0 Å². The molecule has 1 aliphatic rings. The molecule has 0 radical (unpaired) electrons. The maximum absolute atomic E-state index is 4.43. The zero-order chi connectivity index (χ0) is 14.5. The minimum absolute atomic E-state index is 0.444. The molecule has 2 rings (SSSR count). The van der Waals surface area contributed by atoms with Crippen LogP contribution in [0.5, 0.6) is 0 Å². The lowest BCUT2D eigenvalue weighted by atomic mass is 10.1. The van der Waals surface area contributed by atoms with E-state index in [-0.39, 0.29) is 0 Å². The molecule has 1 aromatic carbocycles. The summed E-state index contributed by atoms with van der Waals surface area (Å²) in [6.07, 6.45) is 0. The number of nitrogens with one attached hydrogen (secondary N) is 2. The number of benzene rings is 1. The second-order valence-corrected chi connectivity index (χ2v) is 5.87. The Bertz CT molecular complexity index is 467. The molecule has 0 aromatic heterocycles. The van der Waals surface area contributed by atoms with Crippen LogP contribution in [0, 0.1) is 0 Å². The van der Waals surface area contributed by atoms with Crippen molar-refractivity contribution in [1.29, 1.82) is 0 Å². The molecule has 0 saturated carbocycles. The number of guanidine groups is 1. The van der Waals surface area contributed by atoms with Crippen molar-refractivity contribution in [3.8, 4) is 0 Å². The first-order valence-corrected chi connectivity index (χ1v) is 7.38. The van der Waals surface area contributed by atoms with Gasteiger partial charge in [0.1, 0.15) is 0 Å². The number of hydrogen-bond donors (Lipinski definition) is 2. The third-order valence-electron chi connectivity index (χ3n) is 3.77. The monoisotopic (exact) mass is 274 g/mol. The topological polar surface area (TPSA) is 39.7 Å². The summed E-state index contributed by atoms with van der Waals surface area (Å²) < 4.78 is 0. The summed E-state index contributed by atoms with van der Waals surface area (Å²) in [6.45, 7) is 9.25. The van der Waals surface area contributed by atoms with Gasteiger partial charge in [-0.1, -0.05) is 24.3 Å². The highest BCUT2D eigenvalue weighted by Gasteiger charge is 2.13. The molecule has 0 spiro atoms. The lowest BCUT2D eigenvalue weighted by Crippen LogP contribution is -2.37. The molecule has 110 valence electrons. The Hall–Kier alpha value is -1.55. The summed E-state index contributed by atoms with van der Waals surface area (Å²) in [7, 11) is 2.17. The number of nitrogens with zero attached hydrogens (tertiary/aromatic N) is 2. The van der Waals surface area contributed by atoms with Crippen LogP contribution in [0.4, 0.5) is 0 Å². The smallest absolute Gasteiger partial charge is 0.191 e. The van der Waals surface area contributed by atoms with Gasteiger partial charge in [0.05, 0.1) is 6.54 Å². The predicted molar refractivity (Wildman–Crippen MR) is 84.8 cm³/mol. The van der Waals surface area contributed by atoms with E-state index in [9.17, 15) is 0 Å². The zero-order valence-corrected chi connectivity index (χ0v) is 13.0. The SMILES string of the molecule is CC1CN=C(NCc2ccccc2CN(C)C(C)C)N1. The van der Waals surface area contributed by atoms with Crippen molar-refractivity contribution < 1.29 is 0 Å². The van der Waals surface area contributed by atoms with Crippen LogP contribution < -0.4 is 10.6 Å². The lowest BCUT2D eigenvalue weighted by Gasteiger charge is -2.22. The van der Waals surface area contributed by atoms with Gasteiger partial charge in [0.2, 0.25) is 0 Å². The molecular formula is C16H26N4. The van der Waals surface area contributed by atoms with Gasteiger partial charge < -0.3 is 10.6 Å². The highest BCUT2D eigenvalue weighted by Crippen LogP contribution is 2.12. The van der Waals surface area contributed by atoms with Gasteiger partial charge in [-0.2, -0.15) is 0 Å². The van der Waals surface area contributed by atoms with Gasteiger partial charge in [0.25, 0.3) is 0 Å². The predicted octanol–water partition coefficient (Wildman–Crippen LogP) is 1.96. The van der Waals surface area contributed by atoms with Gasteiger partial charge in [-0.05, 0) is 38.9 Å². The summed E-state index contributed by atoms with van der Waals surface area (Å²) in [5.41, 5.74) is 2.71. The molecule has 4 nitrogen and oxygen atoms in total. The average Bonchev–Trinajstić information content (AvgIpc) is 2.83. The molecule has 0 fully saturated rings. The van der Waals surface area contributed by atoms with Crippen LogP contribution >= 0.6 is 0 Å². The van der Waals surface area contributed by atoms with E-state index < -0.39 is 0 Å². The van der Waals surface area contributed by atoms with Crippen LogP contribution in [-0.2, 0) is 13.1 Å². The first kappa shape index (κ1) is 14.9. The molecule has 1 aromatic rings.